The summed E-state index contributed by atoms with van der Waals surface area (Å²) < 4.78 is 27.3. The van der Waals surface area contributed by atoms with E-state index in [1.807, 2.05) is 0 Å². The number of benzene rings is 1. The first-order chi connectivity index (χ1) is 9.95. The predicted octanol–water partition coefficient (Wildman–Crippen LogP) is 1.29. The molecule has 3 N–H and O–H groups in total. The summed E-state index contributed by atoms with van der Waals surface area (Å²) in [6.07, 6.45) is 2.01. The van der Waals surface area contributed by atoms with Crippen LogP contribution in [0.15, 0.2) is 12.1 Å². The molecule has 0 aromatic heterocycles. The Morgan fingerprint density at radius 3 is 2.71 bits per heavy atom. The number of nitrogens with two attached hydrogens (primary N) is 1. The van der Waals surface area contributed by atoms with E-state index in [9.17, 15) is 18.4 Å². The molecule has 1 heterocycles. The maximum Gasteiger partial charge on any atom is 0.257 e. The van der Waals surface area contributed by atoms with Gasteiger partial charge in [0.05, 0.1) is 11.3 Å². The highest BCUT2D eigenvalue weighted by Gasteiger charge is 2.33. The Morgan fingerprint density at radius 1 is 1.33 bits per heavy atom. The molecule has 1 aliphatic rings. The lowest BCUT2D eigenvalue weighted by Gasteiger charge is -2.34. The number of hydrogen-bond acceptors (Lipinski definition) is 3. The standard InChI is InChI=1S/C14H17F2N3O2/c1-18-13(20)11-4-2-3-5-19(11)14(21)9-6-8(15)7-10(17)12(9)16/h6-7,11H,2-5,17H2,1H3,(H,18,20). The number of anilines is 1. The lowest BCUT2D eigenvalue weighted by molar-refractivity contribution is -0.126. The summed E-state index contributed by atoms with van der Waals surface area (Å²) in [4.78, 5) is 25.6. The van der Waals surface area contributed by atoms with E-state index in [2.05, 4.69) is 5.32 Å². The number of amides is 2. The molecular formula is C14H17F2N3O2. The smallest absolute Gasteiger partial charge is 0.257 e. The topological polar surface area (TPSA) is 75.4 Å². The molecule has 1 atom stereocenters. The van der Waals surface area contributed by atoms with E-state index < -0.39 is 34.8 Å². The monoisotopic (exact) mass is 297 g/mol. The van der Waals surface area contributed by atoms with E-state index >= 15 is 0 Å². The van der Waals surface area contributed by atoms with Crippen LogP contribution in [0.25, 0.3) is 0 Å². The van der Waals surface area contributed by atoms with Gasteiger partial charge in [0.1, 0.15) is 11.9 Å². The predicted molar refractivity (Wildman–Crippen MR) is 73.5 cm³/mol. The van der Waals surface area contributed by atoms with Crippen LogP contribution in [0.1, 0.15) is 29.6 Å². The third kappa shape index (κ3) is 2.96. The number of carbonyl (C=O) groups is 2. The molecule has 1 unspecified atom stereocenters. The first kappa shape index (κ1) is 15.2. The summed E-state index contributed by atoms with van der Waals surface area (Å²) >= 11 is 0. The first-order valence-electron chi connectivity index (χ1n) is 6.72. The summed E-state index contributed by atoms with van der Waals surface area (Å²) in [5.74, 6) is -2.77. The van der Waals surface area contributed by atoms with Gasteiger partial charge < -0.3 is 16.0 Å². The normalized spacial score (nSPS) is 18.4. The van der Waals surface area contributed by atoms with Gasteiger partial charge in [0.25, 0.3) is 5.91 Å². The largest absolute Gasteiger partial charge is 0.396 e. The van der Waals surface area contributed by atoms with Gasteiger partial charge in [-0.2, -0.15) is 0 Å². The Balaban J connectivity index is 2.35. The van der Waals surface area contributed by atoms with Crippen LogP contribution in [-0.4, -0.2) is 36.3 Å². The van der Waals surface area contributed by atoms with Crippen LogP contribution < -0.4 is 11.1 Å². The van der Waals surface area contributed by atoms with Gasteiger partial charge in [-0.3, -0.25) is 9.59 Å². The van der Waals surface area contributed by atoms with Crippen LogP contribution in [0.3, 0.4) is 0 Å². The van der Waals surface area contributed by atoms with Gasteiger partial charge >= 0.3 is 0 Å². The molecule has 2 rings (SSSR count). The summed E-state index contributed by atoms with van der Waals surface area (Å²) in [5.41, 5.74) is 4.48. The highest BCUT2D eigenvalue weighted by molar-refractivity contribution is 5.98. The molecule has 0 saturated carbocycles. The SMILES string of the molecule is CNC(=O)C1CCCCN1C(=O)c1cc(F)cc(N)c1F. The third-order valence-electron chi connectivity index (χ3n) is 3.61. The number of nitrogen functional groups attached to an aromatic ring is 1. The molecule has 1 saturated heterocycles. The highest BCUT2D eigenvalue weighted by Crippen LogP contribution is 2.24. The van der Waals surface area contributed by atoms with Crippen molar-refractivity contribution < 1.29 is 18.4 Å². The Morgan fingerprint density at radius 2 is 2.05 bits per heavy atom. The van der Waals surface area contributed by atoms with Crippen LogP contribution in [0.5, 0.6) is 0 Å². The number of nitrogens with zero attached hydrogens (tertiary/aromatic N) is 1. The minimum Gasteiger partial charge on any atom is -0.396 e. The number of rotatable bonds is 2. The number of piperidine rings is 1. The van der Waals surface area contributed by atoms with Crippen molar-refractivity contribution in [1.82, 2.24) is 10.2 Å². The maximum absolute atomic E-state index is 14.0. The Kier molecular flexibility index (Phi) is 4.40. The molecule has 1 aromatic rings. The number of likely N-dealkylation sites (N-methyl/N-ethyl adjacent to an activating group) is 1. The van der Waals surface area contributed by atoms with Crippen LogP contribution in [0, 0.1) is 11.6 Å². The molecule has 1 aromatic carbocycles. The number of likely N-dealkylation sites (tertiary alicyclic amines) is 1. The Hall–Kier alpha value is -2.18. The molecular weight excluding hydrogens is 280 g/mol. The fourth-order valence-corrected chi connectivity index (χ4v) is 2.53. The Labute approximate surface area is 121 Å². The number of halogens is 2. The van der Waals surface area contributed by atoms with Gasteiger partial charge in [0, 0.05) is 13.6 Å². The van der Waals surface area contributed by atoms with Crippen molar-refractivity contribution in [2.24, 2.45) is 0 Å². The van der Waals surface area contributed by atoms with Crippen molar-refractivity contribution in [3.8, 4) is 0 Å². The van der Waals surface area contributed by atoms with Crippen molar-refractivity contribution in [3.05, 3.63) is 29.3 Å². The van der Waals surface area contributed by atoms with E-state index in [-0.39, 0.29) is 5.91 Å². The number of nitrogens with one attached hydrogen (secondary N) is 1. The second kappa shape index (κ2) is 6.07. The summed E-state index contributed by atoms with van der Waals surface area (Å²) in [7, 11) is 1.47. The highest BCUT2D eigenvalue weighted by atomic mass is 19.1. The van der Waals surface area contributed by atoms with E-state index in [4.69, 9.17) is 5.73 Å². The molecule has 5 nitrogen and oxygen atoms in total. The Bertz CT molecular complexity index is 578. The zero-order valence-corrected chi connectivity index (χ0v) is 11.7. The summed E-state index contributed by atoms with van der Waals surface area (Å²) in [6.45, 7) is 0.326. The number of hydrogen-bond donors (Lipinski definition) is 2. The zero-order chi connectivity index (χ0) is 15.6. The quantitative estimate of drug-likeness (QED) is 0.808. The van der Waals surface area contributed by atoms with Gasteiger partial charge in [-0.1, -0.05) is 0 Å². The summed E-state index contributed by atoms with van der Waals surface area (Å²) in [6, 6.07) is 0.961. The fourth-order valence-electron chi connectivity index (χ4n) is 2.53. The van der Waals surface area contributed by atoms with Crippen LogP contribution in [0.2, 0.25) is 0 Å². The molecule has 0 radical (unpaired) electrons. The van der Waals surface area contributed by atoms with Gasteiger partial charge in [0.15, 0.2) is 5.82 Å². The van der Waals surface area contributed by atoms with Crippen molar-refractivity contribution in [1.29, 1.82) is 0 Å². The molecule has 2 amide bonds. The second-order valence-electron chi connectivity index (χ2n) is 4.98. The molecule has 114 valence electrons. The summed E-state index contributed by atoms with van der Waals surface area (Å²) in [5, 5.41) is 2.48. The molecule has 0 spiro atoms. The van der Waals surface area contributed by atoms with E-state index in [0.717, 1.165) is 18.6 Å². The number of carbonyl (C=O) groups excluding carboxylic acids is 2. The minimum absolute atomic E-state index is 0.312. The van der Waals surface area contributed by atoms with Crippen molar-refractivity contribution in [3.63, 3.8) is 0 Å². The van der Waals surface area contributed by atoms with E-state index in [0.29, 0.717) is 19.4 Å². The van der Waals surface area contributed by atoms with Gasteiger partial charge in [-0.05, 0) is 31.4 Å². The lowest BCUT2D eigenvalue weighted by Crippen LogP contribution is -2.51. The molecule has 1 aliphatic heterocycles. The van der Waals surface area contributed by atoms with Crippen LogP contribution >= 0.6 is 0 Å². The molecule has 0 aliphatic carbocycles. The molecule has 21 heavy (non-hydrogen) atoms. The minimum atomic E-state index is -0.956. The van der Waals surface area contributed by atoms with Gasteiger partial charge in [-0.25, -0.2) is 8.78 Å². The molecule has 1 fully saturated rings. The van der Waals surface area contributed by atoms with E-state index in [1.165, 1.54) is 11.9 Å². The average molecular weight is 297 g/mol. The van der Waals surface area contributed by atoms with Crippen LogP contribution in [-0.2, 0) is 4.79 Å². The average Bonchev–Trinajstić information content (AvgIpc) is 2.49. The van der Waals surface area contributed by atoms with E-state index in [1.54, 1.807) is 0 Å². The maximum atomic E-state index is 14.0. The first-order valence-corrected chi connectivity index (χ1v) is 6.72. The van der Waals surface area contributed by atoms with Crippen LogP contribution in [0.4, 0.5) is 14.5 Å². The van der Waals surface area contributed by atoms with Gasteiger partial charge in [-0.15, -0.1) is 0 Å². The van der Waals surface area contributed by atoms with Gasteiger partial charge in [0.2, 0.25) is 5.91 Å². The van der Waals surface area contributed by atoms with Crippen molar-refractivity contribution in [2.75, 3.05) is 19.3 Å². The molecule has 7 heteroatoms. The lowest BCUT2D eigenvalue weighted by atomic mass is 9.99. The second-order valence-corrected chi connectivity index (χ2v) is 4.98. The fraction of sp³-hybridized carbons (Fsp3) is 0.429. The third-order valence-corrected chi connectivity index (χ3v) is 3.61. The zero-order valence-electron chi connectivity index (χ0n) is 11.7. The molecule has 0 bridgehead atoms. The van der Waals surface area contributed by atoms with Crippen molar-refractivity contribution in [2.45, 2.75) is 25.3 Å². The van der Waals surface area contributed by atoms with Crippen molar-refractivity contribution >= 4 is 17.5 Å².